The molecule has 0 spiro atoms. The first-order chi connectivity index (χ1) is 24.7. The van der Waals surface area contributed by atoms with Gasteiger partial charge in [0.15, 0.2) is 5.58 Å². The van der Waals surface area contributed by atoms with E-state index in [4.69, 9.17) is 4.42 Å². The third kappa shape index (κ3) is 5.02. The lowest BCUT2D eigenvalue weighted by atomic mass is 9.83. The molecule has 1 heterocycles. The van der Waals surface area contributed by atoms with Crippen molar-refractivity contribution < 1.29 is 4.42 Å². The van der Waals surface area contributed by atoms with Gasteiger partial charge in [-0.25, -0.2) is 0 Å². The van der Waals surface area contributed by atoms with Crippen LogP contribution in [0.1, 0.15) is 43.6 Å². The maximum Gasteiger partial charge on any atom is 0.159 e. The Bertz CT molecular complexity index is 2710. The third-order valence-corrected chi connectivity index (χ3v) is 11.0. The van der Waals surface area contributed by atoms with E-state index in [1.165, 1.54) is 103 Å². The van der Waals surface area contributed by atoms with Crippen molar-refractivity contribution in [1.82, 2.24) is 0 Å². The summed E-state index contributed by atoms with van der Waals surface area (Å²) < 4.78 is 6.88. The summed E-state index contributed by atoms with van der Waals surface area (Å²) in [6.45, 7) is 0. The molecule has 50 heavy (non-hydrogen) atoms. The Kier molecular flexibility index (Phi) is 6.94. The number of furan rings is 1. The molecule has 1 fully saturated rings. The number of hydrogen-bond acceptors (Lipinski definition) is 2. The van der Waals surface area contributed by atoms with Crippen molar-refractivity contribution in [2.24, 2.45) is 0 Å². The second-order valence-electron chi connectivity index (χ2n) is 14.1. The molecule has 1 aliphatic carbocycles. The van der Waals surface area contributed by atoms with E-state index in [2.05, 4.69) is 157 Å². The van der Waals surface area contributed by atoms with E-state index in [1.54, 1.807) is 0 Å². The minimum absolute atomic E-state index is 0.574. The van der Waals surface area contributed by atoms with Crippen molar-refractivity contribution in [3.05, 3.63) is 157 Å². The summed E-state index contributed by atoms with van der Waals surface area (Å²) in [6, 6.07) is 55.3. The lowest BCUT2D eigenvalue weighted by Gasteiger charge is -2.21. The number of nitrogens with one attached hydrogen (secondary N) is 1. The van der Waals surface area contributed by atoms with Crippen LogP contribution >= 0.6 is 0 Å². The summed E-state index contributed by atoms with van der Waals surface area (Å²) in [4.78, 5) is 0. The Morgan fingerprint density at radius 3 is 1.76 bits per heavy atom. The number of fused-ring (bicyclic) bond motifs is 7. The SMILES string of the molecule is c1ccc2cc(-c3ccc4cc(-c5ccc(Nc6cc7ccccc7c7c6oc6c(C8CCCCC8)cccc67)cc5)ccc4c3)ccc2c1. The largest absolute Gasteiger partial charge is 0.454 e. The van der Waals surface area contributed by atoms with Crippen LogP contribution in [0.15, 0.2) is 156 Å². The smallest absolute Gasteiger partial charge is 0.159 e. The molecule has 0 radical (unpaired) electrons. The van der Waals surface area contributed by atoms with Gasteiger partial charge < -0.3 is 9.73 Å². The predicted octanol–water partition coefficient (Wildman–Crippen LogP) is 14.2. The summed E-state index contributed by atoms with van der Waals surface area (Å²) in [5.74, 6) is 0.574. The van der Waals surface area contributed by atoms with Gasteiger partial charge in [0.2, 0.25) is 0 Å². The number of benzene rings is 8. The second-order valence-corrected chi connectivity index (χ2v) is 14.1. The van der Waals surface area contributed by atoms with Crippen LogP contribution in [0, 0.1) is 0 Å². The Balaban J connectivity index is 0.973. The molecule has 8 aromatic carbocycles. The Labute approximate surface area is 292 Å². The molecule has 0 bridgehead atoms. The zero-order valence-corrected chi connectivity index (χ0v) is 28.0. The molecule has 1 aliphatic rings. The first-order valence-corrected chi connectivity index (χ1v) is 18.0. The second kappa shape index (κ2) is 11.9. The molecule has 1 aromatic heterocycles. The molecule has 1 N–H and O–H groups in total. The van der Waals surface area contributed by atoms with Crippen molar-refractivity contribution in [3.8, 4) is 22.3 Å². The van der Waals surface area contributed by atoms with Crippen molar-refractivity contribution in [1.29, 1.82) is 0 Å². The quantitative estimate of drug-likeness (QED) is 0.202. The summed E-state index contributed by atoms with van der Waals surface area (Å²) in [5, 5.41) is 13.6. The number of hydrogen-bond donors (Lipinski definition) is 1. The Morgan fingerprint density at radius 2 is 1.02 bits per heavy atom. The molecular formula is C48H37NO. The van der Waals surface area contributed by atoms with Crippen molar-refractivity contribution in [2.45, 2.75) is 38.0 Å². The van der Waals surface area contributed by atoms with Crippen molar-refractivity contribution in [2.75, 3.05) is 5.32 Å². The van der Waals surface area contributed by atoms with Gasteiger partial charge in [0.1, 0.15) is 5.58 Å². The molecule has 0 amide bonds. The summed E-state index contributed by atoms with van der Waals surface area (Å²) in [7, 11) is 0. The molecule has 0 unspecified atom stereocenters. The molecule has 2 heteroatoms. The first kappa shape index (κ1) is 29.1. The standard InChI is InChI=1S/C48H37NO/c1-2-10-33(11-3-1)43-15-8-16-44-46-42-14-7-6-13-40(42)30-45(48(46)50-47(43)44)49-41-25-23-32(24-26-41)35-19-20-38-29-39(22-21-37(38)28-35)36-18-17-31-9-4-5-12-34(31)27-36/h4-9,12-30,33,49H,1-3,10-11H2. The highest BCUT2D eigenvalue weighted by molar-refractivity contribution is 6.22. The normalized spacial score (nSPS) is 13.9. The fraction of sp³-hybridized carbons (Fsp3) is 0.125. The highest BCUT2D eigenvalue weighted by atomic mass is 16.3. The fourth-order valence-corrected chi connectivity index (χ4v) is 8.37. The lowest BCUT2D eigenvalue weighted by molar-refractivity contribution is 0.442. The highest BCUT2D eigenvalue weighted by Crippen LogP contribution is 2.44. The van der Waals surface area contributed by atoms with Gasteiger partial charge in [-0.1, -0.05) is 135 Å². The first-order valence-electron chi connectivity index (χ1n) is 18.0. The zero-order chi connectivity index (χ0) is 33.0. The van der Waals surface area contributed by atoms with Crippen LogP contribution in [0.5, 0.6) is 0 Å². The van der Waals surface area contributed by atoms with Gasteiger partial charge >= 0.3 is 0 Å². The van der Waals surface area contributed by atoms with E-state index in [0.29, 0.717) is 5.92 Å². The van der Waals surface area contributed by atoms with E-state index in [1.807, 2.05) is 0 Å². The number of para-hydroxylation sites is 1. The fourth-order valence-electron chi connectivity index (χ4n) is 8.37. The minimum Gasteiger partial charge on any atom is -0.454 e. The lowest BCUT2D eigenvalue weighted by Crippen LogP contribution is -2.04. The number of anilines is 2. The van der Waals surface area contributed by atoms with E-state index < -0.39 is 0 Å². The van der Waals surface area contributed by atoms with E-state index >= 15 is 0 Å². The Morgan fingerprint density at radius 1 is 0.440 bits per heavy atom. The van der Waals surface area contributed by atoms with Crippen LogP contribution in [0.4, 0.5) is 11.4 Å². The van der Waals surface area contributed by atoms with Gasteiger partial charge in [-0.05, 0) is 115 Å². The molecule has 10 rings (SSSR count). The van der Waals surface area contributed by atoms with Gasteiger partial charge in [-0.3, -0.25) is 0 Å². The van der Waals surface area contributed by atoms with Crippen LogP contribution in [0.3, 0.4) is 0 Å². The predicted molar refractivity (Wildman–Crippen MR) is 213 cm³/mol. The molecular weight excluding hydrogens is 607 g/mol. The van der Waals surface area contributed by atoms with Crippen LogP contribution < -0.4 is 5.32 Å². The Hall–Kier alpha value is -5.86. The van der Waals surface area contributed by atoms with Gasteiger partial charge in [0.25, 0.3) is 0 Å². The van der Waals surface area contributed by atoms with Crippen molar-refractivity contribution in [3.63, 3.8) is 0 Å². The molecule has 0 aliphatic heterocycles. The molecule has 9 aromatic rings. The van der Waals surface area contributed by atoms with E-state index in [-0.39, 0.29) is 0 Å². The highest BCUT2D eigenvalue weighted by Gasteiger charge is 2.22. The van der Waals surface area contributed by atoms with Crippen LogP contribution in [-0.4, -0.2) is 0 Å². The summed E-state index contributed by atoms with van der Waals surface area (Å²) >= 11 is 0. The van der Waals surface area contributed by atoms with E-state index in [9.17, 15) is 0 Å². The average Bonchev–Trinajstić information content (AvgIpc) is 3.59. The average molecular weight is 644 g/mol. The third-order valence-electron chi connectivity index (χ3n) is 11.0. The van der Waals surface area contributed by atoms with Gasteiger partial charge in [0, 0.05) is 16.5 Å². The maximum absolute atomic E-state index is 6.88. The molecule has 1 saturated carbocycles. The minimum atomic E-state index is 0.574. The maximum atomic E-state index is 6.88. The topological polar surface area (TPSA) is 25.2 Å². The van der Waals surface area contributed by atoms with Gasteiger partial charge in [-0.15, -0.1) is 0 Å². The number of rotatable bonds is 5. The molecule has 240 valence electrons. The van der Waals surface area contributed by atoms with Crippen LogP contribution in [0.25, 0.3) is 76.5 Å². The van der Waals surface area contributed by atoms with Crippen molar-refractivity contribution >= 4 is 65.6 Å². The van der Waals surface area contributed by atoms with Crippen LogP contribution in [-0.2, 0) is 0 Å². The summed E-state index contributed by atoms with van der Waals surface area (Å²) in [6.07, 6.45) is 6.45. The molecule has 0 saturated heterocycles. The molecule has 0 atom stereocenters. The van der Waals surface area contributed by atoms with Gasteiger partial charge in [0.05, 0.1) is 5.69 Å². The molecule has 2 nitrogen and oxygen atoms in total. The zero-order valence-electron chi connectivity index (χ0n) is 28.0. The van der Waals surface area contributed by atoms with E-state index in [0.717, 1.165) is 22.5 Å². The van der Waals surface area contributed by atoms with Crippen LogP contribution in [0.2, 0.25) is 0 Å². The monoisotopic (exact) mass is 643 g/mol. The summed E-state index contributed by atoms with van der Waals surface area (Å²) in [5.41, 5.74) is 10.3. The van der Waals surface area contributed by atoms with Gasteiger partial charge in [-0.2, -0.15) is 0 Å².